The van der Waals surface area contributed by atoms with Gasteiger partial charge in [-0.15, -0.1) is 11.8 Å². The Morgan fingerprint density at radius 3 is 1.75 bits per heavy atom. The molecule has 137 heavy (non-hydrogen) atoms. The van der Waals surface area contributed by atoms with E-state index < -0.39 is 286 Å². The number of carbonyl (C=O) groups excluding carboxylic acids is 17. The van der Waals surface area contributed by atoms with Crippen LogP contribution in [0.25, 0.3) is 21.8 Å². The zero-order valence-electron chi connectivity index (χ0n) is 76.7. The lowest BCUT2D eigenvalue weighted by atomic mass is 9.97. The first-order valence-electron chi connectivity index (χ1n) is 45.6. The number of piperidine rings is 1. The maximum Gasteiger partial charge on any atom is 0.323 e. The number of aliphatic hydroxyl groups is 2. The summed E-state index contributed by atoms with van der Waals surface area (Å²) >= 11 is 0.765. The summed E-state index contributed by atoms with van der Waals surface area (Å²) in [6.45, 7) is 1.51. The number of fused-ring (bicyclic) bond motifs is 5. The number of carboxylic acids is 2. The molecular formula is C91H121N21O24S. The molecule has 3 aromatic heterocycles. The number of para-hydroxylation sites is 2. The van der Waals surface area contributed by atoms with Gasteiger partial charge in [0.1, 0.15) is 96.9 Å². The smallest absolute Gasteiger partial charge is 0.323 e. The topological polar surface area (TPSA) is 663 Å². The molecule has 4 saturated heterocycles. The highest BCUT2D eigenvalue weighted by atomic mass is 32.2. The fourth-order valence-corrected chi connectivity index (χ4v) is 18.3. The van der Waals surface area contributed by atoms with E-state index >= 15 is 38.4 Å². The largest absolute Gasteiger partial charge is 0.508 e. The molecule has 0 spiro atoms. The van der Waals surface area contributed by atoms with Gasteiger partial charge in [-0.2, -0.15) is 0 Å². The highest BCUT2D eigenvalue weighted by Gasteiger charge is 2.47. The molecule has 4 aliphatic rings. The Hall–Kier alpha value is -14.1. The van der Waals surface area contributed by atoms with E-state index in [1.54, 1.807) is 54.7 Å². The summed E-state index contributed by atoms with van der Waals surface area (Å²) in [5.41, 5.74) is 13.4. The molecule has 0 unspecified atom stereocenters. The second kappa shape index (κ2) is 49.4. The number of aliphatic hydroxyl groups excluding tert-OH is 2. The number of imidazole rings is 1. The maximum absolute atomic E-state index is 15.8. The van der Waals surface area contributed by atoms with E-state index in [9.17, 15) is 78.3 Å². The van der Waals surface area contributed by atoms with Crippen molar-refractivity contribution in [3.05, 3.63) is 120 Å². The van der Waals surface area contributed by atoms with Crippen LogP contribution in [0.15, 0.2) is 97.7 Å². The number of thioether (sulfide) groups is 1. The third kappa shape index (κ3) is 28.3. The van der Waals surface area contributed by atoms with Crippen LogP contribution in [0.2, 0.25) is 0 Å². The number of phenolic OH excluding ortho intramolecular Hbond substituents is 1. The first kappa shape index (κ1) is 105. The molecule has 15 atom stereocenters. The molecule has 45 nitrogen and oxygen atoms in total. The van der Waals surface area contributed by atoms with Gasteiger partial charge >= 0.3 is 11.9 Å². The van der Waals surface area contributed by atoms with Gasteiger partial charge in [-0.25, -0.2) is 4.98 Å². The average molecular weight is 1930 g/mol. The molecule has 0 aliphatic carbocycles. The summed E-state index contributed by atoms with van der Waals surface area (Å²) < 4.78 is 1.39. The number of H-pyrrole nitrogens is 2. The average Bonchev–Trinajstić information content (AvgIpc) is 1.57. The number of hydrogen-bond donors (Lipinski definition) is 19. The molecule has 0 radical (unpaired) electrons. The van der Waals surface area contributed by atoms with E-state index in [0.717, 1.165) is 36.3 Å². The quantitative estimate of drug-likeness (QED) is 0.0267. The monoisotopic (exact) mass is 1920 g/mol. The highest BCUT2D eigenvalue weighted by molar-refractivity contribution is 8.00. The Balaban J connectivity index is 1.02. The minimum atomic E-state index is -2.00. The number of aromatic amines is 2. The van der Waals surface area contributed by atoms with Crippen LogP contribution >= 0.6 is 11.8 Å². The van der Waals surface area contributed by atoms with Crippen molar-refractivity contribution >= 4 is 146 Å². The summed E-state index contributed by atoms with van der Waals surface area (Å²) in [5, 5.41) is 80.1. The Kier molecular flexibility index (Phi) is 37.9. The van der Waals surface area contributed by atoms with Crippen LogP contribution in [0.4, 0.5) is 0 Å². The molecular weight excluding hydrogens is 1800 g/mol. The van der Waals surface area contributed by atoms with E-state index in [1.165, 1.54) is 68.6 Å². The Morgan fingerprint density at radius 1 is 0.540 bits per heavy atom. The summed E-state index contributed by atoms with van der Waals surface area (Å²) in [5.74, 6) is -20.9. The molecule has 21 N–H and O–H groups in total. The Morgan fingerprint density at radius 2 is 1.11 bits per heavy atom. The number of aliphatic carboxylic acids is 2. The summed E-state index contributed by atoms with van der Waals surface area (Å²) in [6.07, 6.45) is 1.90. The first-order chi connectivity index (χ1) is 65.4. The number of carbonyl (C=O) groups is 19. The molecule has 17 amide bonds. The van der Waals surface area contributed by atoms with Crippen LogP contribution in [-0.4, -0.2) is 331 Å². The van der Waals surface area contributed by atoms with Crippen LogP contribution in [0.5, 0.6) is 5.75 Å². The van der Waals surface area contributed by atoms with Crippen molar-refractivity contribution in [2.75, 3.05) is 58.4 Å². The van der Waals surface area contributed by atoms with E-state index in [4.69, 9.17) is 11.5 Å². The van der Waals surface area contributed by atoms with Gasteiger partial charge in [0.05, 0.1) is 37.8 Å². The molecule has 4 fully saturated rings. The second-order valence-electron chi connectivity index (χ2n) is 34.7. The third-order valence-corrected chi connectivity index (χ3v) is 25.7. The number of rotatable bonds is 25. The zero-order chi connectivity index (χ0) is 99.6. The Bertz CT molecular complexity index is 5400. The van der Waals surface area contributed by atoms with Gasteiger partial charge in [-0.1, -0.05) is 88.1 Å². The van der Waals surface area contributed by atoms with Crippen LogP contribution in [0.3, 0.4) is 0 Å². The van der Waals surface area contributed by atoms with E-state index in [1.807, 2.05) is 13.8 Å². The summed E-state index contributed by atoms with van der Waals surface area (Å²) in [6, 6.07) is -4.01. The third-order valence-electron chi connectivity index (χ3n) is 24.7. The second-order valence-corrected chi connectivity index (χ2v) is 35.7. The first-order valence-corrected chi connectivity index (χ1v) is 46.7. The van der Waals surface area contributed by atoms with Gasteiger partial charge in [0.2, 0.25) is 100 Å². The lowest BCUT2D eigenvalue weighted by molar-refractivity contribution is -0.149. The van der Waals surface area contributed by atoms with Gasteiger partial charge in [0.15, 0.2) is 0 Å². The van der Waals surface area contributed by atoms with Gasteiger partial charge in [0.25, 0.3) is 0 Å². The summed E-state index contributed by atoms with van der Waals surface area (Å²) in [4.78, 5) is 290. The number of nitrogens with two attached hydrogens (primary N) is 2. The van der Waals surface area contributed by atoms with Crippen molar-refractivity contribution in [3.63, 3.8) is 0 Å². The van der Waals surface area contributed by atoms with Crippen molar-refractivity contribution < 1.29 is 117 Å². The van der Waals surface area contributed by atoms with E-state index in [0.29, 0.717) is 70.6 Å². The Labute approximate surface area is 791 Å². The van der Waals surface area contributed by atoms with Crippen molar-refractivity contribution in [1.29, 1.82) is 0 Å². The van der Waals surface area contributed by atoms with Crippen LogP contribution in [0, 0.1) is 0 Å². The van der Waals surface area contributed by atoms with E-state index in [2.05, 4.69) is 68.1 Å². The van der Waals surface area contributed by atoms with Crippen molar-refractivity contribution in [2.45, 2.75) is 240 Å². The number of nitrogens with one attached hydrogen (secondary N) is 12. The number of likely N-dealkylation sites (N-methyl/N-ethyl adjacent to an activating group) is 2. The lowest BCUT2D eigenvalue weighted by Crippen LogP contribution is -2.62. The van der Waals surface area contributed by atoms with Crippen molar-refractivity contribution in [3.8, 4) is 5.75 Å². The predicted octanol–water partition coefficient (Wildman–Crippen LogP) is -3.26. The van der Waals surface area contributed by atoms with Gasteiger partial charge in [-0.05, 0) is 99.2 Å². The number of carboxylic acid groups (broad SMARTS) is 2. The number of nitrogens with zero attached hydrogens (tertiary/aromatic N) is 7. The number of phenols is 1. The van der Waals surface area contributed by atoms with Gasteiger partial charge in [0, 0.05) is 124 Å². The number of hydrogen-bond acceptors (Lipinski definition) is 24. The zero-order valence-corrected chi connectivity index (χ0v) is 77.5. The minimum absolute atomic E-state index is 0.0274. The molecule has 3 aromatic carbocycles. The number of unbranched alkanes of at least 4 members (excludes halogenated alkanes) is 2. The van der Waals surface area contributed by atoms with Crippen molar-refractivity contribution in [2.24, 2.45) is 11.5 Å². The number of amides is 17. The number of benzene rings is 3. The fraction of sp³-hybridized carbons (Fsp3) is 0.516. The SMILES string of the molecule is CCCC[C@H]1C(=O)N(C)[C@@H](CCCC)C(=O)N[C@@H](C)C(=O)N[C@H](C(=O)NCC(N)=O)CSCC(=O)N[C@@H](Cc2ccc(O)cc2)C(=O)N2CCCC[C@H]2C(=O)N[C@@H](CC(=O)O)C(=O)N2CCC[C@H]2C(=O)N[C@@H](Cc2cnc[nH]2)C(=O)N[C@@H](CCC(N)=O)C(=O)N2C[C@H](O)C[C@H]2C(=O)N[C@@H](Cc2c[nH]c3ccccc23)C(=O)N[C@@H](CO)C(=O)N[C@@H](Cc2cn(CC(=O)O)c3ccccc23)C(=O)N1C. The van der Waals surface area contributed by atoms with Crippen LogP contribution < -0.4 is 64.6 Å². The molecule has 46 heteroatoms. The molecule has 0 bridgehead atoms. The standard InChI is InChI=1S/C91H121N21O24S/c1-6-8-20-68-83(128)98-49(3)78(123)106-66(79(124)96-41-74(93)117)46-137-47-75(118)99-62(33-50-25-27-54(114)28-26-50)89(134)110-31-15-14-23-69(110)85(130)104-64(38-76(119)120)90(135)111-32-16-24-70(111)84(129)102-61(36-53-40-94-48-97-53)81(126)100-59(29-30-73(92)116)88(133)112-43-55(115)37-72(112)86(131)101-60(34-51-39-95-58-19-12-10-17-56(51)58)80(125)105-65(45-113)82(127)103-63(87(132)108(5)71(21-9-7-2)91(136)107(68)4)35-52-42-109(44-77(121)122)67-22-13-11-18-57(52)67/h10-13,17-19,22,25-28,39-40,42,48-49,55,59-66,68-72,95,113-115H,6-9,14-16,20-21,23-24,29-38,41,43-47H2,1-5H3,(H2,92,116)(H2,93,117)(H,94,97)(H,96,124)(H,98,128)(H,99,118)(H,100,126)(H,101,131)(H,102,129)(H,103,127)(H,104,130)(H,105,125)(H,106,123)(H,119,120)(H,121,122)/t49-,55+,59-,60-,61-,62-,63-,64-,65-,66-,68-,69-,70-,71-,72-/m0/s1. The molecule has 0 saturated carbocycles. The normalized spacial score (nSPS) is 25.0. The van der Waals surface area contributed by atoms with Crippen LogP contribution in [-0.2, 0) is 123 Å². The summed E-state index contributed by atoms with van der Waals surface area (Å²) in [7, 11) is 2.59. The number of primary amides is 2. The van der Waals surface area contributed by atoms with Gasteiger partial charge < -0.3 is 129 Å². The molecule has 10 rings (SSSR count). The minimum Gasteiger partial charge on any atom is -0.508 e. The molecule has 6 aromatic rings. The molecule has 7 heterocycles. The molecule has 740 valence electrons. The highest BCUT2D eigenvalue weighted by Crippen LogP contribution is 2.30. The van der Waals surface area contributed by atoms with Gasteiger partial charge in [-0.3, -0.25) is 91.1 Å². The number of aromatic nitrogens is 4. The van der Waals surface area contributed by atoms with Crippen molar-refractivity contribution in [1.82, 2.24) is 97.2 Å². The maximum atomic E-state index is 15.8. The fourth-order valence-electron chi connectivity index (χ4n) is 17.4. The number of aromatic hydroxyl groups is 1. The molecule has 4 aliphatic heterocycles. The lowest BCUT2D eigenvalue weighted by Gasteiger charge is -2.38. The predicted molar refractivity (Wildman–Crippen MR) is 492 cm³/mol. The van der Waals surface area contributed by atoms with Crippen LogP contribution in [0.1, 0.15) is 139 Å². The van der Waals surface area contributed by atoms with E-state index in [-0.39, 0.29) is 69.5 Å².